The molecule has 0 aromatic heterocycles. The predicted octanol–water partition coefficient (Wildman–Crippen LogP) is 1.44. The molecule has 1 aromatic carbocycles. The summed E-state index contributed by atoms with van der Waals surface area (Å²) in [5.41, 5.74) is 0.790. The molecular formula is C11H9NO4. The van der Waals surface area contributed by atoms with Crippen molar-refractivity contribution in [3.8, 4) is 17.6 Å². The number of carbonyl (C=O) groups excluding carboxylic acids is 1. The molecule has 1 aliphatic rings. The average molecular weight is 219 g/mol. The molecule has 0 amide bonds. The minimum absolute atomic E-state index is 0.301. The number of nitrogens with zero attached hydrogens (tertiary/aromatic N) is 1. The lowest BCUT2D eigenvalue weighted by Gasteiger charge is -2.07. The molecule has 5 nitrogen and oxygen atoms in total. The van der Waals surface area contributed by atoms with E-state index >= 15 is 0 Å². The topological polar surface area (TPSA) is 68.6 Å². The highest BCUT2D eigenvalue weighted by atomic mass is 16.6. The molecular weight excluding hydrogens is 210 g/mol. The third-order valence-corrected chi connectivity index (χ3v) is 2.39. The minimum atomic E-state index is -0.883. The Labute approximate surface area is 92.1 Å². The van der Waals surface area contributed by atoms with Crippen LogP contribution < -0.4 is 9.47 Å². The summed E-state index contributed by atoms with van der Waals surface area (Å²) in [5, 5.41) is 8.85. The van der Waals surface area contributed by atoms with Crippen molar-refractivity contribution in [2.24, 2.45) is 0 Å². The molecule has 5 heteroatoms. The number of methoxy groups -OCH3 is 2. The van der Waals surface area contributed by atoms with E-state index in [0.29, 0.717) is 22.6 Å². The first-order valence-electron chi connectivity index (χ1n) is 4.57. The van der Waals surface area contributed by atoms with E-state index < -0.39 is 12.1 Å². The molecule has 1 heterocycles. The maximum Gasteiger partial charge on any atom is 0.344 e. The summed E-state index contributed by atoms with van der Waals surface area (Å²) in [4.78, 5) is 11.5. The van der Waals surface area contributed by atoms with E-state index in [4.69, 9.17) is 19.5 Å². The first-order valence-corrected chi connectivity index (χ1v) is 4.57. The molecule has 1 atom stereocenters. The summed E-state index contributed by atoms with van der Waals surface area (Å²) in [6.45, 7) is 0. The van der Waals surface area contributed by atoms with Crippen molar-refractivity contribution in [3.63, 3.8) is 0 Å². The summed E-state index contributed by atoms with van der Waals surface area (Å²) in [7, 11) is 2.95. The Hall–Kier alpha value is -2.22. The Balaban J connectivity index is 2.65. The Kier molecular flexibility index (Phi) is 2.41. The molecule has 82 valence electrons. The van der Waals surface area contributed by atoms with Crippen molar-refractivity contribution >= 4 is 5.97 Å². The minimum Gasteiger partial charge on any atom is -0.497 e. The number of carbonyl (C=O) groups is 1. The highest BCUT2D eigenvalue weighted by molar-refractivity contribution is 5.97. The van der Waals surface area contributed by atoms with Gasteiger partial charge in [0.05, 0.1) is 14.2 Å². The number of cyclic esters (lactones) is 1. The van der Waals surface area contributed by atoms with E-state index in [-0.39, 0.29) is 0 Å². The second kappa shape index (κ2) is 3.74. The fourth-order valence-corrected chi connectivity index (χ4v) is 1.64. The van der Waals surface area contributed by atoms with Crippen molar-refractivity contribution in [2.75, 3.05) is 14.2 Å². The molecule has 1 aromatic rings. The second-order valence-electron chi connectivity index (χ2n) is 3.21. The number of benzene rings is 1. The number of esters is 1. The largest absolute Gasteiger partial charge is 0.497 e. The van der Waals surface area contributed by atoms with Gasteiger partial charge in [0, 0.05) is 11.6 Å². The fraction of sp³-hybridized carbons (Fsp3) is 0.273. The summed E-state index contributed by atoms with van der Waals surface area (Å²) >= 11 is 0. The molecule has 0 aliphatic carbocycles. The third kappa shape index (κ3) is 1.36. The van der Waals surface area contributed by atoms with E-state index in [0.717, 1.165) is 0 Å². The van der Waals surface area contributed by atoms with Gasteiger partial charge in [-0.1, -0.05) is 0 Å². The van der Waals surface area contributed by atoms with Crippen molar-refractivity contribution in [2.45, 2.75) is 6.10 Å². The molecule has 1 unspecified atom stereocenters. The Morgan fingerprint density at radius 2 is 2.12 bits per heavy atom. The highest BCUT2D eigenvalue weighted by Crippen LogP contribution is 2.39. The lowest BCUT2D eigenvalue weighted by Crippen LogP contribution is -1.99. The van der Waals surface area contributed by atoms with Crippen molar-refractivity contribution in [3.05, 3.63) is 23.3 Å². The number of rotatable bonds is 2. The van der Waals surface area contributed by atoms with Gasteiger partial charge >= 0.3 is 5.97 Å². The van der Waals surface area contributed by atoms with Gasteiger partial charge < -0.3 is 14.2 Å². The Bertz CT molecular complexity index is 489. The normalized spacial score (nSPS) is 17.3. The van der Waals surface area contributed by atoms with Gasteiger partial charge in [-0.05, 0) is 6.07 Å². The lowest BCUT2D eigenvalue weighted by molar-refractivity contribution is 0.0476. The number of fused-ring (bicyclic) bond motifs is 1. The van der Waals surface area contributed by atoms with Crippen LogP contribution in [0.25, 0.3) is 0 Å². The van der Waals surface area contributed by atoms with E-state index in [9.17, 15) is 4.79 Å². The lowest BCUT2D eigenvalue weighted by atomic mass is 10.0. The van der Waals surface area contributed by atoms with Gasteiger partial charge in [0.25, 0.3) is 0 Å². The van der Waals surface area contributed by atoms with Crippen LogP contribution in [0.4, 0.5) is 0 Å². The molecule has 0 radical (unpaired) electrons. The molecule has 0 saturated heterocycles. The van der Waals surface area contributed by atoms with E-state index in [1.165, 1.54) is 14.2 Å². The molecule has 2 rings (SSSR count). The smallest absolute Gasteiger partial charge is 0.344 e. The van der Waals surface area contributed by atoms with Crippen LogP contribution in [0.2, 0.25) is 0 Å². The molecule has 0 saturated carbocycles. The van der Waals surface area contributed by atoms with Gasteiger partial charge in [0.1, 0.15) is 23.1 Å². The van der Waals surface area contributed by atoms with Crippen LogP contribution in [0.1, 0.15) is 22.0 Å². The van der Waals surface area contributed by atoms with Crippen LogP contribution in [-0.4, -0.2) is 20.2 Å². The van der Waals surface area contributed by atoms with Gasteiger partial charge in [0.15, 0.2) is 0 Å². The number of hydrogen-bond acceptors (Lipinski definition) is 5. The summed E-state index contributed by atoms with van der Waals surface area (Å²) in [5.74, 6) is 0.340. The molecule has 0 fully saturated rings. The van der Waals surface area contributed by atoms with Crippen LogP contribution in [0, 0.1) is 11.3 Å². The first-order chi connectivity index (χ1) is 7.71. The highest BCUT2D eigenvalue weighted by Gasteiger charge is 2.34. The number of ether oxygens (including phenoxy) is 3. The zero-order valence-corrected chi connectivity index (χ0v) is 8.81. The maximum atomic E-state index is 11.5. The predicted molar refractivity (Wildman–Crippen MR) is 53.3 cm³/mol. The van der Waals surface area contributed by atoms with Crippen LogP contribution in [0.5, 0.6) is 11.5 Å². The van der Waals surface area contributed by atoms with Crippen molar-refractivity contribution in [1.29, 1.82) is 5.26 Å². The quantitative estimate of drug-likeness (QED) is 0.704. The molecule has 16 heavy (non-hydrogen) atoms. The number of hydrogen-bond donors (Lipinski definition) is 0. The van der Waals surface area contributed by atoms with E-state index in [1.54, 1.807) is 12.1 Å². The van der Waals surface area contributed by atoms with E-state index in [1.807, 2.05) is 6.07 Å². The SMILES string of the molecule is COc1cc(OC)c2c(c1)C(C#N)OC2=O. The van der Waals surface area contributed by atoms with Crippen LogP contribution in [0.15, 0.2) is 12.1 Å². The van der Waals surface area contributed by atoms with Crippen molar-refractivity contribution < 1.29 is 19.0 Å². The first kappa shape index (κ1) is 10.3. The Morgan fingerprint density at radius 1 is 1.38 bits per heavy atom. The third-order valence-electron chi connectivity index (χ3n) is 2.39. The van der Waals surface area contributed by atoms with Gasteiger partial charge in [0.2, 0.25) is 6.10 Å². The van der Waals surface area contributed by atoms with Gasteiger partial charge in [-0.25, -0.2) is 4.79 Å². The van der Waals surface area contributed by atoms with Crippen molar-refractivity contribution in [1.82, 2.24) is 0 Å². The van der Waals surface area contributed by atoms with Gasteiger partial charge in [-0.3, -0.25) is 0 Å². The maximum absolute atomic E-state index is 11.5. The molecule has 0 N–H and O–H groups in total. The summed E-state index contributed by atoms with van der Waals surface area (Å²) in [6.07, 6.45) is -0.883. The average Bonchev–Trinajstić information content (AvgIpc) is 2.65. The zero-order valence-electron chi connectivity index (χ0n) is 8.81. The molecule has 0 bridgehead atoms. The monoisotopic (exact) mass is 219 g/mol. The zero-order chi connectivity index (χ0) is 11.7. The summed E-state index contributed by atoms with van der Waals surface area (Å²) in [6, 6.07) is 5.09. The van der Waals surface area contributed by atoms with E-state index in [2.05, 4.69) is 0 Å². The fourth-order valence-electron chi connectivity index (χ4n) is 1.64. The molecule has 0 spiro atoms. The van der Waals surface area contributed by atoms with Crippen LogP contribution >= 0.6 is 0 Å². The van der Waals surface area contributed by atoms with Gasteiger partial charge in [-0.15, -0.1) is 0 Å². The van der Waals surface area contributed by atoms with Crippen LogP contribution in [0.3, 0.4) is 0 Å². The standard InChI is InChI=1S/C11H9NO4/c1-14-6-3-7-9(5-12)16-11(13)10(7)8(4-6)15-2/h3-4,9H,1-2H3. The molecule has 1 aliphatic heterocycles. The van der Waals surface area contributed by atoms with Gasteiger partial charge in [-0.2, -0.15) is 5.26 Å². The number of nitriles is 1. The summed E-state index contributed by atoms with van der Waals surface area (Å²) < 4.78 is 15.0. The Morgan fingerprint density at radius 3 is 2.69 bits per heavy atom. The van der Waals surface area contributed by atoms with Crippen LogP contribution in [-0.2, 0) is 4.74 Å². The second-order valence-corrected chi connectivity index (χ2v) is 3.21.